The second-order valence-electron chi connectivity index (χ2n) is 5.91. The molecule has 0 saturated heterocycles. The molecule has 0 spiro atoms. The number of Topliss-reactive ketones (excluding diaryl/α,β-unsaturated/α-hetero) is 1. The average Bonchev–Trinajstić information content (AvgIpc) is 2.82. The zero-order valence-electron chi connectivity index (χ0n) is 11.2. The Kier molecular flexibility index (Phi) is 2.26. The lowest BCUT2D eigenvalue weighted by Gasteiger charge is -2.14. The van der Waals surface area contributed by atoms with E-state index in [4.69, 9.17) is 0 Å². The van der Waals surface area contributed by atoms with Crippen molar-refractivity contribution in [1.29, 1.82) is 0 Å². The molecule has 4 nitrogen and oxygen atoms in total. The molecule has 19 heavy (non-hydrogen) atoms. The molecule has 0 unspecified atom stereocenters. The molecule has 0 aliphatic heterocycles. The van der Waals surface area contributed by atoms with E-state index >= 15 is 0 Å². The first-order chi connectivity index (χ1) is 8.86. The van der Waals surface area contributed by atoms with Crippen LogP contribution in [0.25, 0.3) is 21.9 Å². The van der Waals surface area contributed by atoms with Crippen LogP contribution < -0.4 is 0 Å². The minimum absolute atomic E-state index is 0.0871. The average molecular weight is 256 g/mol. The molecule has 0 radical (unpaired) electrons. The lowest BCUT2D eigenvalue weighted by molar-refractivity contribution is 0.0854. The van der Waals surface area contributed by atoms with Gasteiger partial charge in [0.1, 0.15) is 11.4 Å². The van der Waals surface area contributed by atoms with Crippen LogP contribution in [-0.4, -0.2) is 20.9 Å². The third-order valence-electron chi connectivity index (χ3n) is 3.30. The van der Waals surface area contributed by atoms with Gasteiger partial charge < -0.3 is 15.1 Å². The molecule has 1 aromatic carbocycles. The van der Waals surface area contributed by atoms with Gasteiger partial charge in [0.15, 0.2) is 5.78 Å². The van der Waals surface area contributed by atoms with Crippen LogP contribution in [0.5, 0.6) is 5.75 Å². The van der Waals surface area contributed by atoms with E-state index in [0.717, 1.165) is 21.9 Å². The van der Waals surface area contributed by atoms with Crippen molar-refractivity contribution >= 4 is 27.7 Å². The second kappa shape index (κ2) is 3.63. The summed E-state index contributed by atoms with van der Waals surface area (Å²) in [5.41, 5.74) is 1.88. The fraction of sp³-hybridized carbons (Fsp3) is 0.267. The number of carbonyl (C=O) groups is 1. The molecule has 4 heteroatoms. The van der Waals surface area contributed by atoms with Gasteiger partial charge in [-0.3, -0.25) is 4.79 Å². The summed E-state index contributed by atoms with van der Waals surface area (Å²) in [6.45, 7) is 5.71. The Morgan fingerprint density at radius 3 is 2.53 bits per heavy atom. The summed E-state index contributed by atoms with van der Waals surface area (Å²) in [4.78, 5) is 18.5. The largest absolute Gasteiger partial charge is 0.508 e. The summed E-state index contributed by atoms with van der Waals surface area (Å²) >= 11 is 0. The molecule has 0 bridgehead atoms. The van der Waals surface area contributed by atoms with Crippen molar-refractivity contribution in [1.82, 2.24) is 9.97 Å². The molecule has 0 aliphatic carbocycles. The Morgan fingerprint density at radius 1 is 1.11 bits per heavy atom. The molecule has 0 atom stereocenters. The predicted molar refractivity (Wildman–Crippen MR) is 75.6 cm³/mol. The van der Waals surface area contributed by atoms with Crippen LogP contribution in [0.3, 0.4) is 0 Å². The smallest absolute Gasteiger partial charge is 0.184 e. The molecule has 0 amide bonds. The number of hydrogen-bond acceptors (Lipinski definition) is 2. The number of phenolic OH excluding ortho intramolecular Hbond substituents is 1. The van der Waals surface area contributed by atoms with Crippen molar-refractivity contribution in [2.24, 2.45) is 5.41 Å². The van der Waals surface area contributed by atoms with Crippen molar-refractivity contribution in [3.63, 3.8) is 0 Å². The Hall–Kier alpha value is -2.23. The monoisotopic (exact) mass is 256 g/mol. The molecule has 2 heterocycles. The van der Waals surface area contributed by atoms with E-state index in [9.17, 15) is 9.90 Å². The molecule has 0 saturated carbocycles. The number of rotatable bonds is 1. The highest BCUT2D eigenvalue weighted by Gasteiger charge is 2.25. The minimum atomic E-state index is -0.406. The Balaban J connectivity index is 2.20. The summed E-state index contributed by atoms with van der Waals surface area (Å²) in [5, 5.41) is 11.4. The number of aromatic hydroxyl groups is 1. The molecule has 3 aromatic rings. The van der Waals surface area contributed by atoms with E-state index in [1.165, 1.54) is 0 Å². The molecule has 0 aliphatic rings. The van der Waals surface area contributed by atoms with Gasteiger partial charge in [0.25, 0.3) is 0 Å². The Morgan fingerprint density at radius 2 is 1.84 bits per heavy atom. The number of nitrogens with one attached hydrogen (secondary N) is 2. The number of aromatic nitrogens is 2. The van der Waals surface area contributed by atoms with Gasteiger partial charge >= 0.3 is 0 Å². The van der Waals surface area contributed by atoms with E-state index in [2.05, 4.69) is 9.97 Å². The number of H-pyrrole nitrogens is 2. The normalized spacial score (nSPS) is 12.4. The first-order valence-corrected chi connectivity index (χ1v) is 6.24. The first-order valence-electron chi connectivity index (χ1n) is 6.24. The lowest BCUT2D eigenvalue weighted by Crippen LogP contribution is -2.20. The summed E-state index contributed by atoms with van der Waals surface area (Å²) in [7, 11) is 0. The third-order valence-corrected chi connectivity index (χ3v) is 3.30. The molecule has 3 N–H and O–H groups in total. The zero-order chi connectivity index (χ0) is 13.8. The molecule has 2 aromatic heterocycles. The maximum Gasteiger partial charge on any atom is 0.184 e. The fourth-order valence-electron chi connectivity index (χ4n) is 2.30. The van der Waals surface area contributed by atoms with Crippen LogP contribution in [0, 0.1) is 5.41 Å². The summed E-state index contributed by atoms with van der Waals surface area (Å²) in [6, 6.07) is 7.05. The molecule has 98 valence electrons. The SMILES string of the molecule is CC(C)(C)C(=O)c1cc2c([nH]1)[nH]c1cc(O)ccc12. The predicted octanol–water partition coefficient (Wildman–Crippen LogP) is 3.58. The van der Waals surface area contributed by atoms with Gasteiger partial charge in [-0.05, 0) is 18.2 Å². The molecular formula is C15H16N2O2. The van der Waals surface area contributed by atoms with Crippen molar-refractivity contribution in [3.8, 4) is 5.75 Å². The maximum absolute atomic E-state index is 12.2. The van der Waals surface area contributed by atoms with Crippen molar-refractivity contribution in [2.45, 2.75) is 20.8 Å². The van der Waals surface area contributed by atoms with Gasteiger partial charge in [-0.25, -0.2) is 0 Å². The van der Waals surface area contributed by atoms with E-state index in [1.807, 2.05) is 32.9 Å². The first kappa shape index (κ1) is 11.8. The Bertz CT molecular complexity index is 788. The summed E-state index contributed by atoms with van der Waals surface area (Å²) in [6.07, 6.45) is 0. The second-order valence-corrected chi connectivity index (χ2v) is 5.91. The maximum atomic E-state index is 12.2. The molecule has 0 fully saturated rings. The number of carbonyl (C=O) groups excluding carboxylic acids is 1. The van der Waals surface area contributed by atoms with Gasteiger partial charge in [0, 0.05) is 22.3 Å². The molecular weight excluding hydrogens is 240 g/mol. The highest BCUT2D eigenvalue weighted by Crippen LogP contribution is 2.30. The van der Waals surface area contributed by atoms with E-state index in [-0.39, 0.29) is 11.5 Å². The zero-order valence-corrected chi connectivity index (χ0v) is 11.2. The lowest BCUT2D eigenvalue weighted by atomic mass is 9.89. The van der Waals surface area contributed by atoms with Crippen LogP contribution in [0.15, 0.2) is 24.3 Å². The van der Waals surface area contributed by atoms with Gasteiger partial charge in [0.2, 0.25) is 0 Å². The fourth-order valence-corrected chi connectivity index (χ4v) is 2.30. The van der Waals surface area contributed by atoms with E-state index < -0.39 is 5.41 Å². The highest BCUT2D eigenvalue weighted by atomic mass is 16.3. The number of aromatic amines is 2. The number of benzene rings is 1. The number of fused-ring (bicyclic) bond motifs is 3. The third kappa shape index (κ3) is 1.80. The van der Waals surface area contributed by atoms with Crippen LogP contribution in [0.2, 0.25) is 0 Å². The van der Waals surface area contributed by atoms with Crippen LogP contribution in [0.1, 0.15) is 31.3 Å². The van der Waals surface area contributed by atoms with E-state index in [0.29, 0.717) is 5.69 Å². The number of hydrogen-bond donors (Lipinski definition) is 3. The van der Waals surface area contributed by atoms with Crippen molar-refractivity contribution in [3.05, 3.63) is 30.0 Å². The van der Waals surface area contributed by atoms with Gasteiger partial charge in [-0.2, -0.15) is 0 Å². The topological polar surface area (TPSA) is 68.9 Å². The van der Waals surface area contributed by atoms with Gasteiger partial charge in [-0.1, -0.05) is 20.8 Å². The van der Waals surface area contributed by atoms with Crippen LogP contribution >= 0.6 is 0 Å². The standard InChI is InChI=1S/C15H16N2O2/c1-15(2,3)13(19)12-7-10-9-5-4-8(18)6-11(9)16-14(10)17-12/h4-7,16-18H,1-3H3. The van der Waals surface area contributed by atoms with Gasteiger partial charge in [0.05, 0.1) is 11.2 Å². The minimum Gasteiger partial charge on any atom is -0.508 e. The highest BCUT2D eigenvalue weighted by molar-refractivity contribution is 6.11. The van der Waals surface area contributed by atoms with Crippen molar-refractivity contribution < 1.29 is 9.90 Å². The summed E-state index contributed by atoms with van der Waals surface area (Å²) < 4.78 is 0. The molecule has 3 rings (SSSR count). The van der Waals surface area contributed by atoms with Gasteiger partial charge in [-0.15, -0.1) is 0 Å². The Labute approximate surface area is 110 Å². The number of ketones is 1. The van der Waals surface area contributed by atoms with Crippen molar-refractivity contribution in [2.75, 3.05) is 0 Å². The van der Waals surface area contributed by atoms with Crippen LogP contribution in [0.4, 0.5) is 0 Å². The van der Waals surface area contributed by atoms with Crippen LogP contribution in [-0.2, 0) is 0 Å². The summed E-state index contributed by atoms with van der Waals surface area (Å²) in [5.74, 6) is 0.312. The van der Waals surface area contributed by atoms with E-state index in [1.54, 1.807) is 12.1 Å². The quantitative estimate of drug-likeness (QED) is 0.582. The number of phenols is 1.